The molecule has 5 nitrogen and oxygen atoms in total. The van der Waals surface area contributed by atoms with Crippen molar-refractivity contribution in [1.82, 2.24) is 19.1 Å². The van der Waals surface area contributed by atoms with Gasteiger partial charge in [-0.2, -0.15) is 0 Å². The van der Waals surface area contributed by atoms with E-state index in [1.54, 1.807) is 0 Å². The SMILES string of the molecule is Cc1nc2ccccc2n1Cc1cccc(OCCc2nccn2C)c1. The second-order valence-corrected chi connectivity index (χ2v) is 6.43. The molecule has 4 aromatic rings. The molecule has 0 aliphatic carbocycles. The number of nitrogens with zero attached hydrogens (tertiary/aromatic N) is 4. The molecule has 2 aromatic heterocycles. The molecule has 0 fully saturated rings. The lowest BCUT2D eigenvalue weighted by Gasteiger charge is -2.10. The van der Waals surface area contributed by atoms with Gasteiger partial charge in [-0.05, 0) is 36.8 Å². The molecule has 2 aromatic carbocycles. The molecule has 2 heterocycles. The third-order valence-corrected chi connectivity index (χ3v) is 4.60. The summed E-state index contributed by atoms with van der Waals surface area (Å²) in [4.78, 5) is 8.97. The second kappa shape index (κ2) is 7.04. The molecule has 0 amide bonds. The van der Waals surface area contributed by atoms with Gasteiger partial charge in [-0.1, -0.05) is 24.3 Å². The average molecular weight is 346 g/mol. The predicted octanol–water partition coefficient (Wildman–Crippen LogP) is 3.75. The third kappa shape index (κ3) is 3.33. The van der Waals surface area contributed by atoms with E-state index in [-0.39, 0.29) is 0 Å². The normalized spacial score (nSPS) is 11.2. The molecule has 0 aliphatic rings. The van der Waals surface area contributed by atoms with Gasteiger partial charge in [0.1, 0.15) is 17.4 Å². The fourth-order valence-electron chi connectivity index (χ4n) is 3.21. The van der Waals surface area contributed by atoms with Crippen molar-refractivity contribution in [2.75, 3.05) is 6.61 Å². The van der Waals surface area contributed by atoms with Crippen LogP contribution in [0.2, 0.25) is 0 Å². The van der Waals surface area contributed by atoms with Crippen LogP contribution in [0.5, 0.6) is 5.75 Å². The zero-order chi connectivity index (χ0) is 17.9. The van der Waals surface area contributed by atoms with Gasteiger partial charge in [0.25, 0.3) is 0 Å². The quantitative estimate of drug-likeness (QED) is 0.534. The smallest absolute Gasteiger partial charge is 0.119 e. The van der Waals surface area contributed by atoms with Crippen molar-refractivity contribution < 1.29 is 4.74 Å². The molecule has 0 saturated heterocycles. The van der Waals surface area contributed by atoms with Crippen molar-refractivity contribution in [3.63, 3.8) is 0 Å². The van der Waals surface area contributed by atoms with Crippen LogP contribution in [-0.2, 0) is 20.0 Å². The Bertz CT molecular complexity index is 1030. The van der Waals surface area contributed by atoms with Crippen molar-refractivity contribution in [3.8, 4) is 5.75 Å². The highest BCUT2D eigenvalue weighted by atomic mass is 16.5. The lowest BCUT2D eigenvalue weighted by molar-refractivity contribution is 0.317. The summed E-state index contributed by atoms with van der Waals surface area (Å²) in [7, 11) is 2.00. The molecule has 0 spiro atoms. The first-order valence-electron chi connectivity index (χ1n) is 8.80. The standard InChI is InChI=1S/C21H22N4O/c1-16-23-19-8-3-4-9-20(19)25(16)15-17-6-5-7-18(14-17)26-13-10-21-22-11-12-24(21)2/h3-9,11-12,14H,10,13,15H2,1-2H3. The maximum atomic E-state index is 5.93. The number of aryl methyl sites for hydroxylation is 2. The minimum absolute atomic E-state index is 0.612. The van der Waals surface area contributed by atoms with E-state index in [2.05, 4.69) is 44.9 Å². The first-order chi connectivity index (χ1) is 12.7. The zero-order valence-corrected chi connectivity index (χ0v) is 15.1. The molecule has 0 saturated carbocycles. The zero-order valence-electron chi connectivity index (χ0n) is 15.1. The highest BCUT2D eigenvalue weighted by Crippen LogP contribution is 2.20. The molecule has 4 rings (SSSR count). The maximum absolute atomic E-state index is 5.93. The summed E-state index contributed by atoms with van der Waals surface area (Å²) in [6, 6.07) is 16.5. The van der Waals surface area contributed by atoms with Crippen LogP contribution in [-0.4, -0.2) is 25.7 Å². The van der Waals surface area contributed by atoms with E-state index in [1.165, 1.54) is 5.56 Å². The third-order valence-electron chi connectivity index (χ3n) is 4.60. The fourth-order valence-corrected chi connectivity index (χ4v) is 3.21. The number of benzene rings is 2. The van der Waals surface area contributed by atoms with Crippen LogP contribution in [0.15, 0.2) is 60.9 Å². The van der Waals surface area contributed by atoms with Gasteiger partial charge in [0.15, 0.2) is 0 Å². The molecule has 0 unspecified atom stereocenters. The van der Waals surface area contributed by atoms with Crippen LogP contribution >= 0.6 is 0 Å². The number of imidazole rings is 2. The van der Waals surface area contributed by atoms with Crippen LogP contribution in [0.1, 0.15) is 17.2 Å². The van der Waals surface area contributed by atoms with E-state index in [1.807, 2.05) is 49.1 Å². The number of hydrogen-bond donors (Lipinski definition) is 0. The summed E-state index contributed by atoms with van der Waals surface area (Å²) < 4.78 is 10.2. The van der Waals surface area contributed by atoms with E-state index in [0.717, 1.165) is 41.4 Å². The van der Waals surface area contributed by atoms with Crippen LogP contribution in [0.4, 0.5) is 0 Å². The molecule has 0 bridgehead atoms. The molecular weight excluding hydrogens is 324 g/mol. The lowest BCUT2D eigenvalue weighted by Crippen LogP contribution is -2.07. The van der Waals surface area contributed by atoms with E-state index in [0.29, 0.717) is 6.61 Å². The summed E-state index contributed by atoms with van der Waals surface area (Å²) in [5, 5.41) is 0. The Morgan fingerprint density at radius 1 is 1.08 bits per heavy atom. The maximum Gasteiger partial charge on any atom is 0.119 e. The number of ether oxygens (including phenoxy) is 1. The first-order valence-corrected chi connectivity index (χ1v) is 8.80. The molecular formula is C21H22N4O. The van der Waals surface area contributed by atoms with Gasteiger partial charge < -0.3 is 13.9 Å². The molecule has 0 atom stereocenters. The van der Waals surface area contributed by atoms with Crippen molar-refractivity contribution in [2.24, 2.45) is 7.05 Å². The molecule has 0 radical (unpaired) electrons. The highest BCUT2D eigenvalue weighted by molar-refractivity contribution is 5.75. The Kier molecular flexibility index (Phi) is 4.44. The van der Waals surface area contributed by atoms with Gasteiger partial charge in [0.05, 0.1) is 17.6 Å². The Morgan fingerprint density at radius 3 is 2.81 bits per heavy atom. The average Bonchev–Trinajstić information content (AvgIpc) is 3.19. The fraction of sp³-hybridized carbons (Fsp3) is 0.238. The van der Waals surface area contributed by atoms with Gasteiger partial charge in [-0.25, -0.2) is 9.97 Å². The number of rotatable bonds is 6. The number of fused-ring (bicyclic) bond motifs is 1. The topological polar surface area (TPSA) is 44.9 Å². The van der Waals surface area contributed by atoms with E-state index < -0.39 is 0 Å². The van der Waals surface area contributed by atoms with Crippen molar-refractivity contribution in [1.29, 1.82) is 0 Å². The Balaban J connectivity index is 1.47. The Morgan fingerprint density at radius 2 is 1.96 bits per heavy atom. The molecule has 5 heteroatoms. The predicted molar refractivity (Wildman–Crippen MR) is 102 cm³/mol. The summed E-state index contributed by atoms with van der Waals surface area (Å²) in [5.41, 5.74) is 3.39. The van der Waals surface area contributed by atoms with Crippen molar-refractivity contribution >= 4 is 11.0 Å². The second-order valence-electron chi connectivity index (χ2n) is 6.43. The molecule has 0 aliphatic heterocycles. The summed E-state index contributed by atoms with van der Waals surface area (Å²) >= 11 is 0. The largest absolute Gasteiger partial charge is 0.493 e. The highest BCUT2D eigenvalue weighted by Gasteiger charge is 2.08. The van der Waals surface area contributed by atoms with Gasteiger partial charge in [-0.15, -0.1) is 0 Å². The minimum Gasteiger partial charge on any atom is -0.493 e. The van der Waals surface area contributed by atoms with Crippen LogP contribution < -0.4 is 4.74 Å². The monoisotopic (exact) mass is 346 g/mol. The van der Waals surface area contributed by atoms with Gasteiger partial charge >= 0.3 is 0 Å². The van der Waals surface area contributed by atoms with E-state index in [9.17, 15) is 0 Å². The molecule has 0 N–H and O–H groups in total. The Hall–Kier alpha value is -3.08. The lowest BCUT2D eigenvalue weighted by atomic mass is 10.2. The summed E-state index contributed by atoms with van der Waals surface area (Å²) in [6.45, 7) is 3.44. The summed E-state index contributed by atoms with van der Waals surface area (Å²) in [6.07, 6.45) is 4.56. The van der Waals surface area contributed by atoms with Crippen molar-refractivity contribution in [3.05, 3.63) is 78.1 Å². The van der Waals surface area contributed by atoms with Crippen molar-refractivity contribution in [2.45, 2.75) is 19.9 Å². The van der Waals surface area contributed by atoms with Gasteiger partial charge in [-0.3, -0.25) is 0 Å². The Labute approximate surface area is 152 Å². The first kappa shape index (κ1) is 16.4. The van der Waals surface area contributed by atoms with Crippen LogP contribution in [0.3, 0.4) is 0 Å². The number of para-hydroxylation sites is 2. The molecule has 26 heavy (non-hydrogen) atoms. The van der Waals surface area contributed by atoms with Gasteiger partial charge in [0, 0.05) is 32.4 Å². The molecule has 132 valence electrons. The summed E-state index contributed by atoms with van der Waals surface area (Å²) in [5.74, 6) is 2.94. The number of hydrogen-bond acceptors (Lipinski definition) is 3. The van der Waals surface area contributed by atoms with E-state index in [4.69, 9.17) is 4.74 Å². The number of aromatic nitrogens is 4. The van der Waals surface area contributed by atoms with Crippen LogP contribution in [0.25, 0.3) is 11.0 Å². The van der Waals surface area contributed by atoms with Crippen LogP contribution in [0, 0.1) is 6.92 Å². The minimum atomic E-state index is 0.612. The van der Waals surface area contributed by atoms with E-state index >= 15 is 0 Å². The van der Waals surface area contributed by atoms with Gasteiger partial charge in [0.2, 0.25) is 0 Å².